The summed E-state index contributed by atoms with van der Waals surface area (Å²) in [5.74, 6) is 0.577. The Morgan fingerprint density at radius 1 is 1.07 bits per heavy atom. The van der Waals surface area contributed by atoms with E-state index in [1.165, 1.54) is 0 Å². The molecule has 0 aliphatic carbocycles. The summed E-state index contributed by atoms with van der Waals surface area (Å²) >= 11 is 1.56. The van der Waals surface area contributed by atoms with Crippen molar-refractivity contribution < 1.29 is 4.79 Å². The van der Waals surface area contributed by atoms with Gasteiger partial charge in [-0.15, -0.1) is 0 Å². The molecule has 0 radical (unpaired) electrons. The Hall–Kier alpha value is -3.39. The van der Waals surface area contributed by atoms with Crippen LogP contribution in [0.4, 0.5) is 0 Å². The van der Waals surface area contributed by atoms with Gasteiger partial charge >= 0.3 is 0 Å². The number of aromatic nitrogens is 5. The van der Waals surface area contributed by atoms with Crippen molar-refractivity contribution in [1.29, 1.82) is 0 Å². The van der Waals surface area contributed by atoms with Gasteiger partial charge in [-0.1, -0.05) is 17.8 Å². The topological polar surface area (TPSA) is 77.6 Å². The molecule has 0 bridgehead atoms. The van der Waals surface area contributed by atoms with Crippen molar-refractivity contribution in [3.63, 3.8) is 0 Å². The largest absolute Gasteiger partial charge is 0.348 e. The highest BCUT2D eigenvalue weighted by molar-refractivity contribution is 7.98. The number of benzene rings is 1. The third-order valence-electron chi connectivity index (χ3n) is 4.18. The summed E-state index contributed by atoms with van der Waals surface area (Å²) in [6.45, 7) is 0.404. The summed E-state index contributed by atoms with van der Waals surface area (Å²) in [5, 5.41) is 8.01. The van der Waals surface area contributed by atoms with Gasteiger partial charge in [0.2, 0.25) is 0 Å². The number of carbonyl (C=O) groups is 1. The predicted molar refractivity (Wildman–Crippen MR) is 108 cm³/mol. The zero-order valence-electron chi connectivity index (χ0n) is 15.2. The molecule has 4 rings (SSSR count). The maximum absolute atomic E-state index is 12.6. The lowest BCUT2D eigenvalue weighted by molar-refractivity contribution is 0.0951. The SMILES string of the molecule is CSc1nccn1-c1cccc(C(=O)NCc2ccnc(-n3cccn3)c2)c1. The molecule has 1 N–H and O–H groups in total. The number of hydrogen-bond donors (Lipinski definition) is 1. The van der Waals surface area contributed by atoms with Gasteiger partial charge in [0, 0.05) is 48.8 Å². The molecule has 0 fully saturated rings. The molecule has 7 nitrogen and oxygen atoms in total. The number of nitrogens with zero attached hydrogens (tertiary/aromatic N) is 5. The van der Waals surface area contributed by atoms with Crippen molar-refractivity contribution >= 4 is 17.7 Å². The highest BCUT2D eigenvalue weighted by Gasteiger charge is 2.09. The van der Waals surface area contributed by atoms with E-state index in [0.29, 0.717) is 17.9 Å². The lowest BCUT2D eigenvalue weighted by Crippen LogP contribution is -2.23. The first-order valence-corrected chi connectivity index (χ1v) is 9.88. The first-order chi connectivity index (χ1) is 13.7. The number of imidazole rings is 1. The summed E-state index contributed by atoms with van der Waals surface area (Å²) in [7, 11) is 0. The van der Waals surface area contributed by atoms with E-state index in [1.54, 1.807) is 41.1 Å². The summed E-state index contributed by atoms with van der Waals surface area (Å²) in [6, 6.07) is 13.1. The molecular formula is C20H18N6OS. The lowest BCUT2D eigenvalue weighted by Gasteiger charge is -2.10. The smallest absolute Gasteiger partial charge is 0.251 e. The monoisotopic (exact) mass is 390 g/mol. The first-order valence-electron chi connectivity index (χ1n) is 8.65. The van der Waals surface area contributed by atoms with E-state index < -0.39 is 0 Å². The molecule has 28 heavy (non-hydrogen) atoms. The molecule has 8 heteroatoms. The number of rotatable bonds is 6. The van der Waals surface area contributed by atoms with Gasteiger partial charge < -0.3 is 5.32 Å². The van der Waals surface area contributed by atoms with Gasteiger partial charge in [-0.25, -0.2) is 14.6 Å². The minimum atomic E-state index is -0.134. The van der Waals surface area contributed by atoms with E-state index in [-0.39, 0.29) is 5.91 Å². The lowest BCUT2D eigenvalue weighted by atomic mass is 10.1. The molecule has 3 heterocycles. The molecule has 1 amide bonds. The molecule has 1 aromatic carbocycles. The van der Waals surface area contributed by atoms with Crippen molar-refractivity contribution in [3.8, 4) is 11.5 Å². The van der Waals surface area contributed by atoms with Crippen LogP contribution in [0, 0.1) is 0 Å². The number of pyridine rings is 1. The fraction of sp³-hybridized carbons (Fsp3) is 0.100. The second kappa shape index (κ2) is 8.10. The molecule has 0 aliphatic heterocycles. The van der Waals surface area contributed by atoms with E-state index >= 15 is 0 Å². The van der Waals surface area contributed by atoms with E-state index in [4.69, 9.17) is 0 Å². The molecule has 3 aromatic heterocycles. The molecule has 140 valence electrons. The Balaban J connectivity index is 1.48. The third kappa shape index (κ3) is 3.81. The number of thioether (sulfide) groups is 1. The summed E-state index contributed by atoms with van der Waals surface area (Å²) < 4.78 is 3.64. The van der Waals surface area contributed by atoms with Crippen molar-refractivity contribution in [3.05, 3.63) is 84.6 Å². The molecule has 0 unspecified atom stereocenters. The summed E-state index contributed by atoms with van der Waals surface area (Å²) in [6.07, 6.45) is 10.8. The molecule has 0 saturated heterocycles. The number of nitrogens with one attached hydrogen (secondary N) is 1. The fourth-order valence-electron chi connectivity index (χ4n) is 2.82. The van der Waals surface area contributed by atoms with E-state index in [9.17, 15) is 4.79 Å². The van der Waals surface area contributed by atoms with Gasteiger partial charge in [-0.3, -0.25) is 9.36 Å². The summed E-state index contributed by atoms with van der Waals surface area (Å²) in [4.78, 5) is 21.2. The van der Waals surface area contributed by atoms with Crippen molar-refractivity contribution in [1.82, 2.24) is 29.6 Å². The van der Waals surface area contributed by atoms with Gasteiger partial charge in [0.15, 0.2) is 11.0 Å². The van der Waals surface area contributed by atoms with Gasteiger partial charge in [-0.05, 0) is 48.2 Å². The van der Waals surface area contributed by atoms with Crippen LogP contribution in [0.1, 0.15) is 15.9 Å². The zero-order chi connectivity index (χ0) is 19.3. The van der Waals surface area contributed by atoms with Gasteiger partial charge in [0.1, 0.15) is 0 Å². The van der Waals surface area contributed by atoms with E-state index in [1.807, 2.05) is 59.6 Å². The van der Waals surface area contributed by atoms with Crippen LogP contribution >= 0.6 is 11.8 Å². The Morgan fingerprint density at radius 3 is 2.82 bits per heavy atom. The maximum Gasteiger partial charge on any atom is 0.251 e. The van der Waals surface area contributed by atoms with Crippen LogP contribution in [0.2, 0.25) is 0 Å². The molecule has 4 aromatic rings. The Kier molecular flexibility index (Phi) is 5.20. The van der Waals surface area contributed by atoms with E-state index in [0.717, 1.165) is 16.4 Å². The normalized spacial score (nSPS) is 10.8. The van der Waals surface area contributed by atoms with Crippen molar-refractivity contribution in [2.45, 2.75) is 11.7 Å². The van der Waals surface area contributed by atoms with Crippen LogP contribution in [-0.2, 0) is 6.54 Å². The average Bonchev–Trinajstić information content (AvgIpc) is 3.44. The second-order valence-electron chi connectivity index (χ2n) is 5.99. The minimum Gasteiger partial charge on any atom is -0.348 e. The van der Waals surface area contributed by atoms with Crippen LogP contribution in [-0.4, -0.2) is 36.5 Å². The molecule has 0 aliphatic rings. The number of amides is 1. The van der Waals surface area contributed by atoms with Crippen molar-refractivity contribution in [2.75, 3.05) is 6.26 Å². The van der Waals surface area contributed by atoms with Crippen LogP contribution in [0.25, 0.3) is 11.5 Å². The fourth-order valence-corrected chi connectivity index (χ4v) is 3.35. The predicted octanol–water partition coefficient (Wildman–Crippen LogP) is 3.10. The molecule has 0 spiro atoms. The average molecular weight is 390 g/mol. The highest BCUT2D eigenvalue weighted by atomic mass is 32.2. The Bertz CT molecular complexity index is 1090. The second-order valence-corrected chi connectivity index (χ2v) is 6.76. The number of hydrogen-bond acceptors (Lipinski definition) is 5. The van der Waals surface area contributed by atoms with Crippen LogP contribution in [0.5, 0.6) is 0 Å². The van der Waals surface area contributed by atoms with Gasteiger partial charge in [-0.2, -0.15) is 5.10 Å². The van der Waals surface area contributed by atoms with Crippen LogP contribution in [0.3, 0.4) is 0 Å². The maximum atomic E-state index is 12.6. The van der Waals surface area contributed by atoms with Crippen LogP contribution in [0.15, 0.2) is 78.6 Å². The van der Waals surface area contributed by atoms with Crippen LogP contribution < -0.4 is 5.32 Å². The first kappa shape index (κ1) is 18.0. The Labute approximate surface area is 166 Å². The van der Waals surface area contributed by atoms with Crippen molar-refractivity contribution in [2.24, 2.45) is 0 Å². The quantitative estimate of drug-likeness (QED) is 0.512. The Morgan fingerprint density at radius 2 is 2.00 bits per heavy atom. The van der Waals surface area contributed by atoms with Gasteiger partial charge in [0.05, 0.1) is 0 Å². The molecule has 0 saturated carbocycles. The minimum absolute atomic E-state index is 0.134. The standard InChI is InChI=1S/C20H18N6OS/c1-28-20-22-9-11-25(20)17-5-2-4-16(13-17)19(27)23-14-15-6-8-21-18(12-15)26-10-3-7-24-26/h2-13H,14H2,1H3,(H,23,27). The highest BCUT2D eigenvalue weighted by Crippen LogP contribution is 2.19. The number of carbonyl (C=O) groups excluding carboxylic acids is 1. The van der Waals surface area contributed by atoms with E-state index in [2.05, 4.69) is 20.4 Å². The molecular weight excluding hydrogens is 372 g/mol. The van der Waals surface area contributed by atoms with Gasteiger partial charge in [0.25, 0.3) is 5.91 Å². The third-order valence-corrected chi connectivity index (χ3v) is 4.85. The zero-order valence-corrected chi connectivity index (χ0v) is 16.0. The molecule has 0 atom stereocenters. The summed E-state index contributed by atoms with van der Waals surface area (Å²) in [5.41, 5.74) is 2.45.